The van der Waals surface area contributed by atoms with Crippen molar-refractivity contribution >= 4 is 45.4 Å². The van der Waals surface area contributed by atoms with Gasteiger partial charge in [0.15, 0.2) is 0 Å². The summed E-state index contributed by atoms with van der Waals surface area (Å²) in [6.45, 7) is 1.54. The van der Waals surface area contributed by atoms with Crippen molar-refractivity contribution in [2.45, 2.75) is 30.0 Å². The van der Waals surface area contributed by atoms with Crippen molar-refractivity contribution in [2.75, 3.05) is 37.2 Å². The summed E-state index contributed by atoms with van der Waals surface area (Å²) in [5, 5.41) is 0.181. The van der Waals surface area contributed by atoms with Gasteiger partial charge in [-0.05, 0) is 60.5 Å². The van der Waals surface area contributed by atoms with E-state index in [0.29, 0.717) is 37.9 Å². The molecule has 1 atom stereocenters. The number of benzene rings is 3. The second kappa shape index (κ2) is 12.6. The van der Waals surface area contributed by atoms with E-state index in [4.69, 9.17) is 21.1 Å². The molecular formula is C30H27ClF4N2O5S. The van der Waals surface area contributed by atoms with Gasteiger partial charge in [-0.25, -0.2) is 12.8 Å². The van der Waals surface area contributed by atoms with Crippen LogP contribution in [-0.2, 0) is 25.7 Å². The number of sulfonamides is 1. The summed E-state index contributed by atoms with van der Waals surface area (Å²) in [6, 6.07) is 12.4. The molecule has 3 aromatic carbocycles. The van der Waals surface area contributed by atoms with Gasteiger partial charge in [0.2, 0.25) is 5.91 Å². The maximum atomic E-state index is 14.3. The zero-order valence-corrected chi connectivity index (χ0v) is 24.3. The fourth-order valence-corrected chi connectivity index (χ4v) is 6.65. The molecule has 0 aliphatic carbocycles. The first kappa shape index (κ1) is 30.8. The Hall–Kier alpha value is -3.61. The van der Waals surface area contributed by atoms with Gasteiger partial charge < -0.3 is 14.4 Å². The molecule has 1 amide bonds. The predicted molar refractivity (Wildman–Crippen MR) is 154 cm³/mol. The first-order chi connectivity index (χ1) is 20.4. The van der Waals surface area contributed by atoms with Crippen LogP contribution in [-0.4, -0.2) is 58.2 Å². The summed E-state index contributed by atoms with van der Waals surface area (Å²) in [4.78, 5) is 13.9. The van der Waals surface area contributed by atoms with E-state index in [1.165, 1.54) is 42.5 Å². The van der Waals surface area contributed by atoms with Crippen molar-refractivity contribution in [3.63, 3.8) is 0 Å². The smallest absolute Gasteiger partial charge is 0.416 e. The topological polar surface area (TPSA) is 76.2 Å². The van der Waals surface area contributed by atoms with Crippen LogP contribution in [0.25, 0.3) is 12.2 Å². The van der Waals surface area contributed by atoms with E-state index in [1.54, 1.807) is 11.0 Å². The summed E-state index contributed by atoms with van der Waals surface area (Å²) in [6.07, 6.45) is -2.26. The zero-order valence-electron chi connectivity index (χ0n) is 22.7. The number of ether oxygens (including phenoxy) is 2. The molecule has 7 nitrogen and oxygen atoms in total. The summed E-state index contributed by atoms with van der Waals surface area (Å²) < 4.78 is 94.7. The molecule has 3 aromatic rings. The van der Waals surface area contributed by atoms with Crippen LogP contribution in [0.1, 0.15) is 29.5 Å². The van der Waals surface area contributed by atoms with Gasteiger partial charge in [-0.2, -0.15) is 13.2 Å². The Bertz CT molecular complexity index is 1620. The second-order valence-electron chi connectivity index (χ2n) is 10.0. The Balaban J connectivity index is 1.48. The lowest BCUT2D eigenvalue weighted by atomic mass is 10.1. The quantitative estimate of drug-likeness (QED) is 0.226. The molecule has 5 rings (SSSR count). The molecule has 13 heteroatoms. The molecule has 0 aromatic heterocycles. The van der Waals surface area contributed by atoms with Gasteiger partial charge in [0, 0.05) is 25.1 Å². The van der Waals surface area contributed by atoms with Gasteiger partial charge in [0.05, 0.1) is 40.9 Å². The maximum Gasteiger partial charge on any atom is 0.416 e. The average molecular weight is 639 g/mol. The number of alkyl halides is 3. The number of halogens is 5. The highest BCUT2D eigenvalue weighted by atomic mass is 35.5. The fourth-order valence-electron chi connectivity index (χ4n) is 4.88. The zero-order chi connectivity index (χ0) is 30.8. The maximum absolute atomic E-state index is 14.3. The minimum Gasteiger partial charge on any atom is -0.486 e. The Morgan fingerprint density at radius 2 is 1.77 bits per heavy atom. The fraction of sp³-hybridized carbons (Fsp3) is 0.300. The van der Waals surface area contributed by atoms with E-state index in [-0.39, 0.29) is 47.3 Å². The van der Waals surface area contributed by atoms with Gasteiger partial charge in [-0.15, -0.1) is 0 Å². The number of hydrogen-bond donors (Lipinski definition) is 0. The van der Waals surface area contributed by atoms with Crippen LogP contribution in [0, 0.1) is 5.82 Å². The van der Waals surface area contributed by atoms with Crippen LogP contribution in [0.3, 0.4) is 0 Å². The van der Waals surface area contributed by atoms with Crippen LogP contribution in [0.5, 0.6) is 5.75 Å². The highest BCUT2D eigenvalue weighted by Crippen LogP contribution is 2.40. The highest BCUT2D eigenvalue weighted by Gasteiger charge is 2.37. The molecule has 1 saturated heterocycles. The van der Waals surface area contributed by atoms with E-state index in [2.05, 4.69) is 0 Å². The molecule has 0 spiro atoms. The van der Waals surface area contributed by atoms with Crippen LogP contribution in [0.4, 0.5) is 23.2 Å². The third kappa shape index (κ3) is 6.97. The Kier molecular flexibility index (Phi) is 9.00. The molecule has 0 saturated carbocycles. The monoisotopic (exact) mass is 638 g/mol. The highest BCUT2D eigenvalue weighted by molar-refractivity contribution is 7.92. The molecule has 0 unspecified atom stereocenters. The van der Waals surface area contributed by atoms with Gasteiger partial charge >= 0.3 is 6.18 Å². The normalized spacial score (nSPS) is 17.6. The lowest BCUT2D eigenvalue weighted by molar-refractivity contribution is -0.138. The summed E-state index contributed by atoms with van der Waals surface area (Å²) in [5.74, 6) is -0.503. The molecule has 1 fully saturated rings. The van der Waals surface area contributed by atoms with Crippen LogP contribution in [0.15, 0.2) is 65.6 Å². The summed E-state index contributed by atoms with van der Waals surface area (Å²) in [7, 11) is -4.51. The van der Waals surface area contributed by atoms with E-state index in [1.807, 2.05) is 0 Å². The van der Waals surface area contributed by atoms with Crippen molar-refractivity contribution in [3.05, 3.63) is 88.2 Å². The molecule has 228 valence electrons. The minimum absolute atomic E-state index is 0.0850. The lowest BCUT2D eigenvalue weighted by Gasteiger charge is -2.36. The number of nitrogens with zero attached hydrogens (tertiary/aromatic N) is 2. The van der Waals surface area contributed by atoms with Crippen molar-refractivity contribution in [3.8, 4) is 5.75 Å². The van der Waals surface area contributed by atoms with Crippen LogP contribution >= 0.6 is 11.6 Å². The van der Waals surface area contributed by atoms with Gasteiger partial charge in [0.1, 0.15) is 17.7 Å². The first-order valence-electron chi connectivity index (χ1n) is 13.4. The molecule has 2 aliphatic rings. The van der Waals surface area contributed by atoms with E-state index in [0.717, 1.165) is 22.5 Å². The third-order valence-electron chi connectivity index (χ3n) is 7.15. The predicted octanol–water partition coefficient (Wildman–Crippen LogP) is 6.26. The number of morpholine rings is 1. The Morgan fingerprint density at radius 3 is 2.49 bits per heavy atom. The van der Waals surface area contributed by atoms with Crippen molar-refractivity contribution in [2.24, 2.45) is 0 Å². The molecule has 0 radical (unpaired) electrons. The van der Waals surface area contributed by atoms with Gasteiger partial charge in [-0.3, -0.25) is 9.10 Å². The number of anilines is 1. The number of rotatable bonds is 7. The van der Waals surface area contributed by atoms with E-state index >= 15 is 0 Å². The molecule has 0 N–H and O–H groups in total. The number of carbonyl (C=O) groups is 1. The second-order valence-corrected chi connectivity index (χ2v) is 12.3. The van der Waals surface area contributed by atoms with Crippen molar-refractivity contribution in [1.29, 1.82) is 0 Å². The van der Waals surface area contributed by atoms with Gasteiger partial charge in [-0.1, -0.05) is 35.9 Å². The molecule has 43 heavy (non-hydrogen) atoms. The van der Waals surface area contributed by atoms with Crippen molar-refractivity contribution < 1.29 is 40.2 Å². The minimum atomic E-state index is -4.75. The first-order valence-corrected chi connectivity index (χ1v) is 15.2. The largest absolute Gasteiger partial charge is 0.486 e. The summed E-state index contributed by atoms with van der Waals surface area (Å²) >= 11 is 6.11. The van der Waals surface area contributed by atoms with Crippen LogP contribution < -0.4 is 9.04 Å². The standard InChI is InChI=1S/C30H27ClF4N2O5S/c31-25-5-2-6-26(32)24(25)10-7-20-8-11-28-27(17-20)37(43(39,40)23-4-1-3-21(18-23)30(33,34)35)19-22(42-28)9-12-29(38)36-13-15-41-16-14-36/h1-8,10-11,17-18,22H,9,12-16,19H2/b10-7+/t22-/m0/s1. The third-order valence-corrected chi connectivity index (χ3v) is 9.26. The molecule has 2 aliphatic heterocycles. The van der Waals surface area contributed by atoms with E-state index in [9.17, 15) is 30.8 Å². The summed E-state index contributed by atoms with van der Waals surface area (Å²) in [5.41, 5.74) is -0.411. The van der Waals surface area contributed by atoms with E-state index < -0.39 is 38.6 Å². The van der Waals surface area contributed by atoms with Gasteiger partial charge in [0.25, 0.3) is 10.0 Å². The number of hydrogen-bond acceptors (Lipinski definition) is 5. The molecule has 2 heterocycles. The van der Waals surface area contributed by atoms with Crippen LogP contribution in [0.2, 0.25) is 5.02 Å². The number of amides is 1. The SMILES string of the molecule is O=C(CC[C@H]1CN(S(=O)(=O)c2cccc(C(F)(F)F)c2)c2cc(/C=C/c3c(F)cccc3Cl)ccc2O1)N1CCOCC1. The van der Waals surface area contributed by atoms with Crippen molar-refractivity contribution in [1.82, 2.24) is 4.90 Å². The Labute approximate surface area is 251 Å². The molecule has 0 bridgehead atoms. The number of fused-ring (bicyclic) bond motifs is 1. The lowest BCUT2D eigenvalue weighted by Crippen LogP contribution is -2.45. The number of carbonyl (C=O) groups excluding carboxylic acids is 1. The molecular weight excluding hydrogens is 612 g/mol. The Morgan fingerprint density at radius 1 is 1.02 bits per heavy atom. The average Bonchev–Trinajstić information content (AvgIpc) is 2.99.